The number of fused-ring (bicyclic) bond motifs is 1. The number of carbonyl (C=O) groups excluding carboxylic acids is 1. The van der Waals surface area contributed by atoms with Crippen molar-refractivity contribution in [3.8, 4) is 0 Å². The summed E-state index contributed by atoms with van der Waals surface area (Å²) >= 11 is 0. The number of rotatable bonds is 1. The zero-order valence-electron chi connectivity index (χ0n) is 12.7. The Balaban J connectivity index is 2.40. The topological polar surface area (TPSA) is 29.1 Å². The number of amides is 1. The molecular weight excluding hydrogens is 279 g/mol. The van der Waals surface area contributed by atoms with E-state index in [0.717, 1.165) is 24.0 Å². The Morgan fingerprint density at radius 2 is 1.57 bits per heavy atom. The Labute approximate surface area is 122 Å². The van der Waals surface area contributed by atoms with E-state index in [0.29, 0.717) is 0 Å². The highest BCUT2D eigenvalue weighted by Gasteiger charge is 2.40. The molecule has 0 aromatic heterocycles. The van der Waals surface area contributed by atoms with Crippen LogP contribution in [0.1, 0.15) is 51.7 Å². The fraction of sp³-hybridized carbons (Fsp3) is 0.562. The first-order valence-electron chi connectivity index (χ1n) is 6.97. The highest BCUT2D eigenvalue weighted by atomic mass is 19.4. The van der Waals surface area contributed by atoms with Gasteiger partial charge in [0.2, 0.25) is 0 Å². The number of hydrogen-bond acceptors (Lipinski definition) is 1. The van der Waals surface area contributed by atoms with Crippen molar-refractivity contribution < 1.29 is 18.0 Å². The van der Waals surface area contributed by atoms with Crippen LogP contribution in [-0.2, 0) is 15.6 Å². The summed E-state index contributed by atoms with van der Waals surface area (Å²) in [7, 11) is 0. The first-order valence-corrected chi connectivity index (χ1v) is 6.97. The summed E-state index contributed by atoms with van der Waals surface area (Å²) in [6, 6.07) is 5.06. The van der Waals surface area contributed by atoms with Gasteiger partial charge in [-0.05, 0) is 46.9 Å². The van der Waals surface area contributed by atoms with E-state index in [1.807, 2.05) is 11.4 Å². The zero-order valence-corrected chi connectivity index (χ0v) is 12.7. The van der Waals surface area contributed by atoms with Crippen molar-refractivity contribution in [2.24, 2.45) is 0 Å². The van der Waals surface area contributed by atoms with Crippen LogP contribution >= 0.6 is 0 Å². The molecule has 0 bridgehead atoms. The molecule has 2 rings (SSSR count). The van der Waals surface area contributed by atoms with Crippen LogP contribution < -0.4 is 5.32 Å². The molecule has 116 valence electrons. The molecule has 2 nitrogen and oxygen atoms in total. The molecule has 1 N–H and O–H groups in total. The average Bonchev–Trinajstić information content (AvgIpc) is 2.34. The van der Waals surface area contributed by atoms with Crippen molar-refractivity contribution in [2.45, 2.75) is 57.5 Å². The number of halogens is 3. The Kier molecular flexibility index (Phi) is 3.59. The Bertz CT molecular complexity index is 573. The Morgan fingerprint density at radius 3 is 2.10 bits per heavy atom. The zero-order chi connectivity index (χ0) is 16.1. The van der Waals surface area contributed by atoms with Gasteiger partial charge in [-0.3, -0.25) is 4.79 Å². The lowest BCUT2D eigenvalue weighted by Gasteiger charge is -2.42. The quantitative estimate of drug-likeness (QED) is 0.810. The normalized spacial score (nSPS) is 19.8. The predicted molar refractivity (Wildman–Crippen MR) is 76.4 cm³/mol. The van der Waals surface area contributed by atoms with Crippen LogP contribution in [0, 0.1) is 0 Å². The van der Waals surface area contributed by atoms with Gasteiger partial charge in [0.15, 0.2) is 0 Å². The van der Waals surface area contributed by atoms with Crippen LogP contribution in [0.2, 0.25) is 0 Å². The minimum atomic E-state index is -4.87. The van der Waals surface area contributed by atoms with E-state index in [1.165, 1.54) is 0 Å². The summed E-state index contributed by atoms with van der Waals surface area (Å²) in [6.07, 6.45) is -2.88. The van der Waals surface area contributed by atoms with Gasteiger partial charge < -0.3 is 5.32 Å². The average molecular weight is 299 g/mol. The molecule has 1 aliphatic rings. The maximum atomic E-state index is 12.3. The van der Waals surface area contributed by atoms with Gasteiger partial charge in [-0.25, -0.2) is 0 Å². The molecule has 1 aliphatic carbocycles. The summed E-state index contributed by atoms with van der Waals surface area (Å²) in [6.45, 7) is 8.43. The molecule has 0 aliphatic heterocycles. The molecule has 21 heavy (non-hydrogen) atoms. The number of hydrogen-bond donors (Lipinski definition) is 1. The third-order valence-corrected chi connectivity index (χ3v) is 4.37. The van der Waals surface area contributed by atoms with E-state index in [4.69, 9.17) is 0 Å². The highest BCUT2D eigenvalue weighted by Crippen LogP contribution is 2.46. The first kappa shape index (κ1) is 15.9. The van der Waals surface area contributed by atoms with Crippen LogP contribution in [0.15, 0.2) is 18.2 Å². The summed E-state index contributed by atoms with van der Waals surface area (Å²) < 4.78 is 37.0. The van der Waals surface area contributed by atoms with Crippen LogP contribution in [0.3, 0.4) is 0 Å². The lowest BCUT2D eigenvalue weighted by Crippen LogP contribution is -2.34. The maximum absolute atomic E-state index is 12.3. The molecule has 0 saturated heterocycles. The maximum Gasteiger partial charge on any atom is 0.471 e. The minimum Gasteiger partial charge on any atom is -0.318 e. The van der Waals surface area contributed by atoms with Crippen molar-refractivity contribution in [3.05, 3.63) is 29.3 Å². The van der Waals surface area contributed by atoms with Crippen LogP contribution in [0.5, 0.6) is 0 Å². The molecule has 0 heterocycles. The molecule has 0 radical (unpaired) electrons. The fourth-order valence-corrected chi connectivity index (χ4v) is 2.87. The second-order valence-electron chi connectivity index (χ2n) is 6.98. The number of anilines is 1. The molecule has 1 amide bonds. The summed E-state index contributed by atoms with van der Waals surface area (Å²) in [5.41, 5.74) is 2.24. The third kappa shape index (κ3) is 3.06. The summed E-state index contributed by atoms with van der Waals surface area (Å²) in [5.74, 6) is -1.93. The van der Waals surface area contributed by atoms with Gasteiger partial charge >= 0.3 is 12.1 Å². The van der Waals surface area contributed by atoms with E-state index >= 15 is 0 Å². The Morgan fingerprint density at radius 1 is 1.05 bits per heavy atom. The number of benzene rings is 1. The fourth-order valence-electron chi connectivity index (χ4n) is 2.87. The molecule has 5 heteroatoms. The van der Waals surface area contributed by atoms with E-state index < -0.39 is 12.1 Å². The molecular formula is C16H20F3NO. The van der Waals surface area contributed by atoms with Crippen LogP contribution in [-0.4, -0.2) is 12.1 Å². The molecule has 0 unspecified atom stereocenters. The summed E-state index contributed by atoms with van der Waals surface area (Å²) in [4.78, 5) is 11.1. The standard InChI is InChI=1S/C16H20F3NO/c1-14(2)7-8-15(3,4)12-9-10(5-6-11(12)14)20-13(21)16(17,18)19/h5-6,9H,7-8H2,1-4H3,(H,20,21). The lowest BCUT2D eigenvalue weighted by molar-refractivity contribution is -0.167. The van der Waals surface area contributed by atoms with E-state index in [9.17, 15) is 18.0 Å². The van der Waals surface area contributed by atoms with Gasteiger partial charge in [-0.15, -0.1) is 0 Å². The second-order valence-corrected chi connectivity index (χ2v) is 6.98. The first-order chi connectivity index (χ1) is 9.43. The highest BCUT2D eigenvalue weighted by molar-refractivity contribution is 5.95. The molecule has 0 fully saturated rings. The number of nitrogens with one attached hydrogen (secondary N) is 1. The van der Waals surface area contributed by atoms with Gasteiger partial charge in [-0.1, -0.05) is 33.8 Å². The van der Waals surface area contributed by atoms with Gasteiger partial charge in [-0.2, -0.15) is 13.2 Å². The van der Waals surface area contributed by atoms with Gasteiger partial charge in [0.05, 0.1) is 0 Å². The number of carbonyl (C=O) groups is 1. The lowest BCUT2D eigenvalue weighted by atomic mass is 9.63. The minimum absolute atomic E-state index is 0.00256. The van der Waals surface area contributed by atoms with Crippen molar-refractivity contribution in [1.82, 2.24) is 0 Å². The smallest absolute Gasteiger partial charge is 0.318 e. The van der Waals surface area contributed by atoms with Gasteiger partial charge in [0.1, 0.15) is 0 Å². The SMILES string of the molecule is CC1(C)CCC(C)(C)c2cc(NC(=O)C(F)(F)F)ccc21. The van der Waals surface area contributed by atoms with Gasteiger partial charge in [0, 0.05) is 5.69 Å². The molecule has 0 atom stereocenters. The van der Waals surface area contributed by atoms with Crippen LogP contribution in [0.4, 0.5) is 18.9 Å². The van der Waals surface area contributed by atoms with Crippen LogP contribution in [0.25, 0.3) is 0 Å². The van der Waals surface area contributed by atoms with Gasteiger partial charge in [0.25, 0.3) is 0 Å². The number of alkyl halides is 3. The second kappa shape index (κ2) is 4.75. The molecule has 0 spiro atoms. The van der Waals surface area contributed by atoms with Crippen molar-refractivity contribution in [1.29, 1.82) is 0 Å². The van der Waals surface area contributed by atoms with Crippen molar-refractivity contribution in [3.63, 3.8) is 0 Å². The molecule has 1 aromatic rings. The Hall–Kier alpha value is -1.52. The van der Waals surface area contributed by atoms with Crippen molar-refractivity contribution >= 4 is 11.6 Å². The van der Waals surface area contributed by atoms with Crippen molar-refractivity contribution in [2.75, 3.05) is 5.32 Å². The molecule has 0 saturated carbocycles. The van der Waals surface area contributed by atoms with E-state index in [2.05, 4.69) is 27.7 Å². The monoisotopic (exact) mass is 299 g/mol. The predicted octanol–water partition coefficient (Wildman–Crippen LogP) is 4.54. The largest absolute Gasteiger partial charge is 0.471 e. The molecule has 1 aromatic carbocycles. The van der Waals surface area contributed by atoms with E-state index in [1.54, 1.807) is 12.1 Å². The van der Waals surface area contributed by atoms with E-state index in [-0.39, 0.29) is 16.5 Å². The third-order valence-electron chi connectivity index (χ3n) is 4.37. The summed E-state index contributed by atoms with van der Waals surface area (Å²) in [5, 5.41) is 1.93.